The number of anilines is 2. The first-order chi connectivity index (χ1) is 9.15. The number of benzene rings is 1. The first-order valence-corrected chi connectivity index (χ1v) is 7.23. The fraction of sp³-hybridized carbons (Fsp3) is 0.267. The number of nitrogens with zero attached hydrogens (tertiary/aromatic N) is 1. The molecule has 0 saturated carbocycles. The van der Waals surface area contributed by atoms with Gasteiger partial charge in [-0.1, -0.05) is 13.0 Å². The molecule has 0 fully saturated rings. The van der Waals surface area contributed by atoms with E-state index < -0.39 is 0 Å². The predicted molar refractivity (Wildman–Crippen MR) is 81.9 cm³/mol. The Kier molecular flexibility index (Phi) is 4.22. The summed E-state index contributed by atoms with van der Waals surface area (Å²) in [5, 5.41) is 0. The molecule has 0 aliphatic heterocycles. The van der Waals surface area contributed by atoms with Crippen molar-refractivity contribution >= 4 is 28.6 Å². The van der Waals surface area contributed by atoms with Crippen molar-refractivity contribution in [2.45, 2.75) is 20.3 Å². The molecule has 1 amide bonds. The number of carbonyl (C=O) groups excluding carboxylic acids is 1. The van der Waals surface area contributed by atoms with Gasteiger partial charge in [-0.25, -0.2) is 0 Å². The summed E-state index contributed by atoms with van der Waals surface area (Å²) >= 11 is 1.56. The molecule has 1 aromatic carbocycles. The summed E-state index contributed by atoms with van der Waals surface area (Å²) < 4.78 is 0. The van der Waals surface area contributed by atoms with Gasteiger partial charge in [-0.2, -0.15) is 0 Å². The zero-order chi connectivity index (χ0) is 13.8. The van der Waals surface area contributed by atoms with Crippen LogP contribution in [0.2, 0.25) is 0 Å². The Hall–Kier alpha value is -1.81. The van der Waals surface area contributed by atoms with E-state index in [0.29, 0.717) is 12.2 Å². The number of aryl methyl sites for hydroxylation is 1. The lowest BCUT2D eigenvalue weighted by Crippen LogP contribution is -2.29. The number of nitrogens with two attached hydrogens (primary N) is 1. The van der Waals surface area contributed by atoms with Gasteiger partial charge < -0.3 is 10.6 Å². The lowest BCUT2D eigenvalue weighted by atomic mass is 10.2. The molecule has 0 saturated heterocycles. The molecule has 2 rings (SSSR count). The molecule has 0 radical (unpaired) electrons. The summed E-state index contributed by atoms with van der Waals surface area (Å²) in [5.41, 5.74) is 7.30. The summed E-state index contributed by atoms with van der Waals surface area (Å²) in [6, 6.07) is 11.3. The summed E-state index contributed by atoms with van der Waals surface area (Å²) in [7, 11) is 0. The Bertz CT molecular complexity index is 577. The quantitative estimate of drug-likeness (QED) is 0.866. The zero-order valence-electron chi connectivity index (χ0n) is 11.2. The van der Waals surface area contributed by atoms with Crippen LogP contribution in [0.1, 0.15) is 28.4 Å². The number of hydrogen-bond donors (Lipinski definition) is 1. The molecule has 2 N–H and O–H groups in total. The summed E-state index contributed by atoms with van der Waals surface area (Å²) in [6.07, 6.45) is 0.961. The Morgan fingerprint density at radius 1 is 1.26 bits per heavy atom. The molecule has 0 atom stereocenters. The second-order valence-electron chi connectivity index (χ2n) is 4.26. The van der Waals surface area contributed by atoms with E-state index in [0.717, 1.165) is 17.0 Å². The minimum absolute atomic E-state index is 0.0396. The molecular formula is C15H18N2OS. The normalized spacial score (nSPS) is 10.4. The zero-order valence-corrected chi connectivity index (χ0v) is 12.0. The summed E-state index contributed by atoms with van der Waals surface area (Å²) in [6.45, 7) is 4.69. The van der Waals surface area contributed by atoms with Crippen molar-refractivity contribution in [3.63, 3.8) is 0 Å². The van der Waals surface area contributed by atoms with Crippen molar-refractivity contribution in [2.75, 3.05) is 17.2 Å². The highest BCUT2D eigenvalue weighted by Gasteiger charge is 2.17. The van der Waals surface area contributed by atoms with E-state index in [9.17, 15) is 4.79 Å². The van der Waals surface area contributed by atoms with E-state index in [-0.39, 0.29) is 5.91 Å². The second-order valence-corrected chi connectivity index (χ2v) is 5.43. The number of amides is 1. The molecule has 4 heteroatoms. The van der Waals surface area contributed by atoms with Crippen LogP contribution in [0.5, 0.6) is 0 Å². The molecule has 0 unspecified atom stereocenters. The molecule has 0 aliphatic rings. The predicted octanol–water partition coefficient (Wildman–Crippen LogP) is 3.56. The molecular weight excluding hydrogens is 256 g/mol. The van der Waals surface area contributed by atoms with Crippen molar-refractivity contribution in [3.8, 4) is 0 Å². The van der Waals surface area contributed by atoms with E-state index >= 15 is 0 Å². The summed E-state index contributed by atoms with van der Waals surface area (Å²) in [4.78, 5) is 16.3. The standard InChI is InChI=1S/C15H18N2OS/c1-3-13-8-9-14(19-13)15(18)17(4-2)12-7-5-6-11(16)10-12/h5-10H,3-4,16H2,1-2H3. The highest BCUT2D eigenvalue weighted by atomic mass is 32.1. The van der Waals surface area contributed by atoms with Gasteiger partial charge in [-0.3, -0.25) is 4.79 Å². The van der Waals surface area contributed by atoms with Gasteiger partial charge >= 0.3 is 0 Å². The highest BCUT2D eigenvalue weighted by molar-refractivity contribution is 7.14. The maximum Gasteiger partial charge on any atom is 0.268 e. The smallest absolute Gasteiger partial charge is 0.268 e. The third kappa shape index (κ3) is 2.96. The molecule has 0 spiro atoms. The van der Waals surface area contributed by atoms with Gasteiger partial charge in [-0.05, 0) is 43.7 Å². The maximum absolute atomic E-state index is 12.5. The van der Waals surface area contributed by atoms with Crippen LogP contribution in [0.3, 0.4) is 0 Å². The van der Waals surface area contributed by atoms with Gasteiger partial charge in [0, 0.05) is 22.8 Å². The van der Waals surface area contributed by atoms with E-state index in [1.54, 1.807) is 16.2 Å². The maximum atomic E-state index is 12.5. The number of rotatable bonds is 4. The van der Waals surface area contributed by atoms with E-state index in [1.807, 2.05) is 43.3 Å². The Balaban J connectivity index is 2.29. The monoisotopic (exact) mass is 274 g/mol. The highest BCUT2D eigenvalue weighted by Crippen LogP contribution is 2.23. The van der Waals surface area contributed by atoms with E-state index in [2.05, 4.69) is 6.92 Å². The van der Waals surface area contributed by atoms with Crippen LogP contribution in [0.25, 0.3) is 0 Å². The van der Waals surface area contributed by atoms with Gasteiger partial charge in [0.1, 0.15) is 0 Å². The third-order valence-corrected chi connectivity index (χ3v) is 4.18. The van der Waals surface area contributed by atoms with Crippen LogP contribution >= 0.6 is 11.3 Å². The Labute approximate surface area is 117 Å². The van der Waals surface area contributed by atoms with Crippen LogP contribution in [0.4, 0.5) is 11.4 Å². The Morgan fingerprint density at radius 3 is 2.63 bits per heavy atom. The van der Waals surface area contributed by atoms with Gasteiger partial charge in [0.25, 0.3) is 5.91 Å². The number of carbonyl (C=O) groups is 1. The molecule has 1 heterocycles. The molecule has 0 aliphatic carbocycles. The molecule has 1 aromatic heterocycles. The van der Waals surface area contributed by atoms with E-state index in [1.165, 1.54) is 4.88 Å². The summed E-state index contributed by atoms with van der Waals surface area (Å²) in [5.74, 6) is 0.0396. The van der Waals surface area contributed by atoms with Crippen molar-refractivity contribution in [1.29, 1.82) is 0 Å². The van der Waals surface area contributed by atoms with Crippen molar-refractivity contribution < 1.29 is 4.79 Å². The average Bonchev–Trinajstić information content (AvgIpc) is 2.88. The van der Waals surface area contributed by atoms with Crippen molar-refractivity contribution in [3.05, 3.63) is 46.2 Å². The average molecular weight is 274 g/mol. The SMILES string of the molecule is CCc1ccc(C(=O)N(CC)c2cccc(N)c2)s1. The van der Waals surface area contributed by atoms with Crippen molar-refractivity contribution in [2.24, 2.45) is 0 Å². The van der Waals surface area contributed by atoms with Crippen molar-refractivity contribution in [1.82, 2.24) is 0 Å². The first kappa shape index (κ1) is 13.6. The molecule has 3 nitrogen and oxygen atoms in total. The van der Waals surface area contributed by atoms with E-state index in [4.69, 9.17) is 5.73 Å². The first-order valence-electron chi connectivity index (χ1n) is 6.41. The largest absolute Gasteiger partial charge is 0.399 e. The van der Waals surface area contributed by atoms with Gasteiger partial charge in [-0.15, -0.1) is 11.3 Å². The van der Waals surface area contributed by atoms with Crippen LogP contribution in [-0.4, -0.2) is 12.5 Å². The lowest BCUT2D eigenvalue weighted by Gasteiger charge is -2.20. The van der Waals surface area contributed by atoms with Crippen LogP contribution < -0.4 is 10.6 Å². The van der Waals surface area contributed by atoms with Crippen LogP contribution in [0, 0.1) is 0 Å². The molecule has 19 heavy (non-hydrogen) atoms. The number of thiophene rings is 1. The van der Waals surface area contributed by atoms with Gasteiger partial charge in [0.2, 0.25) is 0 Å². The number of hydrogen-bond acceptors (Lipinski definition) is 3. The fourth-order valence-corrected chi connectivity index (χ4v) is 2.85. The molecule has 2 aromatic rings. The minimum Gasteiger partial charge on any atom is -0.399 e. The van der Waals surface area contributed by atoms with Crippen LogP contribution in [0.15, 0.2) is 36.4 Å². The Morgan fingerprint density at radius 2 is 2.05 bits per heavy atom. The second kappa shape index (κ2) is 5.89. The minimum atomic E-state index is 0.0396. The fourth-order valence-electron chi connectivity index (χ4n) is 1.95. The van der Waals surface area contributed by atoms with Gasteiger partial charge in [0.15, 0.2) is 0 Å². The number of nitrogen functional groups attached to an aromatic ring is 1. The third-order valence-electron chi connectivity index (χ3n) is 2.96. The van der Waals surface area contributed by atoms with Gasteiger partial charge in [0.05, 0.1) is 4.88 Å². The molecule has 0 bridgehead atoms. The van der Waals surface area contributed by atoms with Crippen LogP contribution in [-0.2, 0) is 6.42 Å². The topological polar surface area (TPSA) is 46.3 Å². The lowest BCUT2D eigenvalue weighted by molar-refractivity contribution is 0.0992. The molecule has 100 valence electrons.